The molecule has 0 unspecified atom stereocenters. The number of allylic oxidation sites excluding steroid dienone is 8. The molecule has 0 aromatic rings. The van der Waals surface area contributed by atoms with Gasteiger partial charge in [0.15, 0.2) is 0 Å². The molecule has 12 heavy (non-hydrogen) atoms. The molecule has 1 N–H and O–H groups in total. The molecule has 2 rings (SSSR count). The van der Waals surface area contributed by atoms with Crippen molar-refractivity contribution in [3.05, 3.63) is 60.0 Å². The normalized spacial score (nSPS) is 25.3. The van der Waals surface area contributed by atoms with Crippen LogP contribution in [-0.2, 0) is 0 Å². The van der Waals surface area contributed by atoms with Crippen LogP contribution in [0.25, 0.3) is 0 Å². The van der Waals surface area contributed by atoms with Crippen molar-refractivity contribution in [1.82, 2.24) is 5.32 Å². The SMILES string of the molecule is C1=CC=C2/C=C\N/C=C\C(=C1)C2. The summed E-state index contributed by atoms with van der Waals surface area (Å²) in [6.07, 6.45) is 17.6. The molecule has 2 aliphatic rings. The summed E-state index contributed by atoms with van der Waals surface area (Å²) in [5.41, 5.74) is 2.68. The Labute approximate surface area is 72.5 Å². The molecule has 1 nitrogen and oxygen atoms in total. The Morgan fingerprint density at radius 3 is 2.08 bits per heavy atom. The molecule has 1 aliphatic carbocycles. The monoisotopic (exact) mass is 157 g/mol. The highest BCUT2D eigenvalue weighted by atomic mass is 14.8. The van der Waals surface area contributed by atoms with Gasteiger partial charge < -0.3 is 5.32 Å². The summed E-state index contributed by atoms with van der Waals surface area (Å²) in [5, 5.41) is 3.07. The predicted molar refractivity (Wildman–Crippen MR) is 51.3 cm³/mol. The van der Waals surface area contributed by atoms with Crippen LogP contribution < -0.4 is 5.32 Å². The number of fused-ring (bicyclic) bond motifs is 2. The fourth-order valence-corrected chi connectivity index (χ4v) is 1.31. The fourth-order valence-electron chi connectivity index (χ4n) is 1.31. The van der Waals surface area contributed by atoms with E-state index < -0.39 is 0 Å². The largest absolute Gasteiger partial charge is 0.368 e. The summed E-state index contributed by atoms with van der Waals surface area (Å²) >= 11 is 0. The Balaban J connectivity index is 2.38. The zero-order valence-corrected chi connectivity index (χ0v) is 6.83. The molecule has 0 aromatic carbocycles. The summed E-state index contributed by atoms with van der Waals surface area (Å²) in [6.45, 7) is 0. The third-order valence-electron chi connectivity index (χ3n) is 1.93. The lowest BCUT2D eigenvalue weighted by Gasteiger charge is -2.04. The zero-order chi connectivity index (χ0) is 8.23. The van der Waals surface area contributed by atoms with Crippen molar-refractivity contribution in [3.8, 4) is 0 Å². The van der Waals surface area contributed by atoms with E-state index in [2.05, 4.69) is 41.8 Å². The van der Waals surface area contributed by atoms with E-state index in [0.717, 1.165) is 6.42 Å². The van der Waals surface area contributed by atoms with Crippen LogP contribution in [0.2, 0.25) is 0 Å². The van der Waals surface area contributed by atoms with Crippen molar-refractivity contribution in [3.63, 3.8) is 0 Å². The van der Waals surface area contributed by atoms with Crippen molar-refractivity contribution in [2.45, 2.75) is 6.42 Å². The van der Waals surface area contributed by atoms with Gasteiger partial charge in [-0.05, 0) is 29.7 Å². The average molecular weight is 157 g/mol. The van der Waals surface area contributed by atoms with Gasteiger partial charge in [-0.3, -0.25) is 0 Å². The van der Waals surface area contributed by atoms with Gasteiger partial charge in [-0.25, -0.2) is 0 Å². The average Bonchev–Trinajstić information content (AvgIpc) is 2.25. The van der Waals surface area contributed by atoms with E-state index in [1.807, 2.05) is 12.4 Å². The van der Waals surface area contributed by atoms with Crippen LogP contribution in [0.5, 0.6) is 0 Å². The van der Waals surface area contributed by atoms with E-state index >= 15 is 0 Å². The Morgan fingerprint density at radius 1 is 0.917 bits per heavy atom. The Bertz CT molecular complexity index is 284. The predicted octanol–water partition coefficient (Wildman–Crippen LogP) is 2.43. The lowest BCUT2D eigenvalue weighted by Crippen LogP contribution is -1.96. The van der Waals surface area contributed by atoms with Crippen LogP contribution in [0.1, 0.15) is 6.42 Å². The molecule has 1 aliphatic heterocycles. The Morgan fingerprint density at radius 2 is 1.50 bits per heavy atom. The lowest BCUT2D eigenvalue weighted by molar-refractivity contribution is 1.12. The van der Waals surface area contributed by atoms with Crippen molar-refractivity contribution < 1.29 is 0 Å². The maximum Gasteiger partial charge on any atom is 0.000729 e. The summed E-state index contributed by atoms with van der Waals surface area (Å²) in [6, 6.07) is 0. The van der Waals surface area contributed by atoms with Crippen molar-refractivity contribution in [2.24, 2.45) is 0 Å². The van der Waals surface area contributed by atoms with Crippen molar-refractivity contribution >= 4 is 0 Å². The Kier molecular flexibility index (Phi) is 1.95. The molecule has 0 atom stereocenters. The second kappa shape index (κ2) is 3.26. The second-order valence-corrected chi connectivity index (χ2v) is 2.88. The lowest BCUT2D eigenvalue weighted by atomic mass is 10.1. The third-order valence-corrected chi connectivity index (χ3v) is 1.93. The van der Waals surface area contributed by atoms with Gasteiger partial charge in [-0.1, -0.05) is 24.3 Å². The second-order valence-electron chi connectivity index (χ2n) is 2.88. The molecule has 1 heterocycles. The van der Waals surface area contributed by atoms with E-state index in [1.165, 1.54) is 11.1 Å². The minimum Gasteiger partial charge on any atom is -0.368 e. The Hall–Kier alpha value is -1.50. The minimum atomic E-state index is 1.03. The minimum absolute atomic E-state index is 1.03. The molecule has 0 fully saturated rings. The molecular formula is C11H11N. The van der Waals surface area contributed by atoms with Crippen LogP contribution in [0, 0.1) is 0 Å². The topological polar surface area (TPSA) is 12.0 Å². The highest BCUT2D eigenvalue weighted by Gasteiger charge is 1.99. The number of hydrogen-bond donors (Lipinski definition) is 1. The van der Waals surface area contributed by atoms with Gasteiger partial charge in [0.1, 0.15) is 0 Å². The smallest absolute Gasteiger partial charge is 0.000729 e. The van der Waals surface area contributed by atoms with E-state index in [1.54, 1.807) is 0 Å². The molecule has 1 heteroatoms. The van der Waals surface area contributed by atoms with Crippen LogP contribution >= 0.6 is 0 Å². The summed E-state index contributed by atoms with van der Waals surface area (Å²) in [7, 11) is 0. The van der Waals surface area contributed by atoms with Crippen LogP contribution in [0.3, 0.4) is 0 Å². The first-order chi connectivity index (χ1) is 5.95. The molecule has 0 saturated carbocycles. The molecule has 0 amide bonds. The molecule has 0 saturated heterocycles. The van der Waals surface area contributed by atoms with Crippen LogP contribution in [0.15, 0.2) is 60.0 Å². The molecular weight excluding hydrogens is 146 g/mol. The molecule has 0 spiro atoms. The van der Waals surface area contributed by atoms with Crippen molar-refractivity contribution in [2.75, 3.05) is 0 Å². The highest BCUT2D eigenvalue weighted by molar-refractivity contribution is 5.39. The maximum atomic E-state index is 3.07. The van der Waals surface area contributed by atoms with E-state index in [0.29, 0.717) is 0 Å². The van der Waals surface area contributed by atoms with E-state index in [-0.39, 0.29) is 0 Å². The number of nitrogens with one attached hydrogen (secondary N) is 1. The summed E-state index contributed by atoms with van der Waals surface area (Å²) < 4.78 is 0. The molecule has 0 radical (unpaired) electrons. The van der Waals surface area contributed by atoms with Gasteiger partial charge in [0.2, 0.25) is 0 Å². The maximum absolute atomic E-state index is 3.07. The first-order valence-electron chi connectivity index (χ1n) is 4.11. The third kappa shape index (κ3) is 1.56. The van der Waals surface area contributed by atoms with Gasteiger partial charge >= 0.3 is 0 Å². The molecule has 60 valence electrons. The van der Waals surface area contributed by atoms with Crippen molar-refractivity contribution in [1.29, 1.82) is 0 Å². The van der Waals surface area contributed by atoms with Gasteiger partial charge in [0.25, 0.3) is 0 Å². The quantitative estimate of drug-likeness (QED) is 0.569. The molecule has 2 bridgehead atoms. The first kappa shape index (κ1) is 7.17. The van der Waals surface area contributed by atoms with Gasteiger partial charge in [0.05, 0.1) is 0 Å². The fraction of sp³-hybridized carbons (Fsp3) is 0.0909. The standard InChI is InChI=1S/C11H11N/c1-2-4-11-6-8-12-7-5-10(3-1)9-11/h1-8,12H,9H2/b7-5-,8-6-. The van der Waals surface area contributed by atoms with Gasteiger partial charge in [-0.2, -0.15) is 0 Å². The summed E-state index contributed by atoms with van der Waals surface area (Å²) in [5.74, 6) is 0. The molecule has 0 aromatic heterocycles. The van der Waals surface area contributed by atoms with E-state index in [4.69, 9.17) is 0 Å². The van der Waals surface area contributed by atoms with Crippen LogP contribution in [0.4, 0.5) is 0 Å². The van der Waals surface area contributed by atoms with E-state index in [9.17, 15) is 0 Å². The van der Waals surface area contributed by atoms with Gasteiger partial charge in [0, 0.05) is 12.4 Å². The number of rotatable bonds is 0. The highest BCUT2D eigenvalue weighted by Crippen LogP contribution is 2.17. The first-order valence-corrected chi connectivity index (χ1v) is 4.11. The summed E-state index contributed by atoms with van der Waals surface area (Å²) in [4.78, 5) is 0. The van der Waals surface area contributed by atoms with Gasteiger partial charge in [-0.15, -0.1) is 0 Å². The zero-order valence-electron chi connectivity index (χ0n) is 6.83. The van der Waals surface area contributed by atoms with Crippen LogP contribution in [-0.4, -0.2) is 0 Å². The number of hydrogen-bond acceptors (Lipinski definition) is 1.